The van der Waals surface area contributed by atoms with Crippen LogP contribution >= 0.6 is 0 Å². The lowest BCUT2D eigenvalue weighted by Crippen LogP contribution is -2.50. The van der Waals surface area contributed by atoms with Crippen molar-refractivity contribution in [2.45, 2.75) is 122 Å². The zero-order chi connectivity index (χ0) is 38.6. The molecule has 4 aliphatic rings. The van der Waals surface area contributed by atoms with Crippen LogP contribution in [0.15, 0.2) is 24.3 Å². The van der Waals surface area contributed by atoms with E-state index in [2.05, 4.69) is 20.3 Å². The maximum Gasteiger partial charge on any atom is 0.407 e. The van der Waals surface area contributed by atoms with E-state index in [4.69, 9.17) is 4.74 Å². The number of nitrogens with zero attached hydrogens (tertiary/aromatic N) is 2. The summed E-state index contributed by atoms with van der Waals surface area (Å²) in [5.41, 5.74) is 0.514. The summed E-state index contributed by atoms with van der Waals surface area (Å²) in [6.45, 7) is 5.80. The predicted molar refractivity (Wildman–Crippen MR) is 204 cm³/mol. The van der Waals surface area contributed by atoms with Gasteiger partial charge in [-0.25, -0.2) is 13.9 Å². The van der Waals surface area contributed by atoms with Gasteiger partial charge in [-0.3, -0.25) is 14.4 Å². The zero-order valence-corrected chi connectivity index (χ0v) is 32.6. The highest BCUT2D eigenvalue weighted by molar-refractivity contribution is 7.87. The first-order chi connectivity index (χ1) is 25.7. The summed E-state index contributed by atoms with van der Waals surface area (Å²) in [6, 6.07) is 5.45. The minimum absolute atomic E-state index is 0.0349. The third-order valence-corrected chi connectivity index (χ3v) is 13.3. The molecule has 0 bridgehead atoms. The molecule has 0 spiro atoms. The van der Waals surface area contributed by atoms with Crippen molar-refractivity contribution in [2.75, 3.05) is 31.6 Å². The van der Waals surface area contributed by atoms with E-state index in [9.17, 15) is 32.0 Å². The summed E-state index contributed by atoms with van der Waals surface area (Å²) in [5.74, 6) is -1.07. The number of H-pyrrole nitrogens is 1. The van der Waals surface area contributed by atoms with E-state index < -0.39 is 46.6 Å². The van der Waals surface area contributed by atoms with Crippen molar-refractivity contribution in [3.05, 3.63) is 30.0 Å². The van der Waals surface area contributed by atoms with E-state index in [-0.39, 0.29) is 35.3 Å². The van der Waals surface area contributed by atoms with Gasteiger partial charge >= 0.3 is 16.3 Å². The molecule has 4 fully saturated rings. The summed E-state index contributed by atoms with van der Waals surface area (Å²) in [4.78, 5) is 58.6. The molecule has 4 N–H and O–H groups in total. The molecule has 2 aliphatic carbocycles. The van der Waals surface area contributed by atoms with Crippen LogP contribution in [-0.2, 0) is 24.5 Å². The first-order valence-corrected chi connectivity index (χ1v) is 21.3. The molecule has 3 atom stereocenters. The molecule has 15 heteroatoms. The van der Waals surface area contributed by atoms with Gasteiger partial charge in [0.25, 0.3) is 5.91 Å². The normalized spacial score (nSPS) is 25.2. The van der Waals surface area contributed by atoms with Gasteiger partial charge in [-0.1, -0.05) is 38.5 Å². The Bertz CT molecular complexity index is 1770. The van der Waals surface area contributed by atoms with Gasteiger partial charge in [0.2, 0.25) is 11.8 Å². The summed E-state index contributed by atoms with van der Waals surface area (Å²) >= 11 is 0. The molecule has 2 saturated heterocycles. The fourth-order valence-electron chi connectivity index (χ4n) is 9.09. The minimum Gasteiger partial charge on any atom is -0.444 e. The van der Waals surface area contributed by atoms with Gasteiger partial charge in [-0.05, 0) is 108 Å². The molecule has 2 aromatic rings. The number of hydrogen-bond donors (Lipinski definition) is 4. The number of fused-ring (bicyclic) bond motifs is 1. The van der Waals surface area contributed by atoms with Gasteiger partial charge in [0.05, 0.1) is 6.04 Å². The summed E-state index contributed by atoms with van der Waals surface area (Å²) < 4.78 is 48.5. The van der Waals surface area contributed by atoms with Crippen LogP contribution in [-0.4, -0.2) is 90.4 Å². The van der Waals surface area contributed by atoms with Gasteiger partial charge in [-0.15, -0.1) is 0 Å². The highest BCUT2D eigenvalue weighted by Crippen LogP contribution is 2.41. The Balaban J connectivity index is 1.12. The Kier molecular flexibility index (Phi) is 12.6. The lowest BCUT2D eigenvalue weighted by molar-refractivity contribution is -0.142. The quantitative estimate of drug-likeness (QED) is 0.229. The van der Waals surface area contributed by atoms with Crippen LogP contribution in [0.2, 0.25) is 0 Å². The minimum atomic E-state index is -3.97. The lowest BCUT2D eigenvalue weighted by Gasteiger charge is -2.37. The number of alkyl carbamates (subject to hydrolysis) is 1. The van der Waals surface area contributed by atoms with Crippen molar-refractivity contribution in [2.24, 2.45) is 23.7 Å². The van der Waals surface area contributed by atoms with Crippen LogP contribution in [0.1, 0.15) is 115 Å². The van der Waals surface area contributed by atoms with Gasteiger partial charge in [0, 0.05) is 42.1 Å². The van der Waals surface area contributed by atoms with Crippen molar-refractivity contribution >= 4 is 50.6 Å². The monoisotopic (exact) mass is 772 g/mol. The maximum atomic E-state index is 14.3. The SMILES string of the molecule is CC(C)(C)OC(=O)N[C@H](CF)[C@H]1CC[C@H](C(=O)N2CC[C@@H](C3CCCCC3)[C@H]2C(=O)Nc2ccc3[nH]c(C(=O)NS(=O)(=O)N4CCCCC4)cc3c2)CC1. The highest BCUT2D eigenvalue weighted by Gasteiger charge is 2.47. The van der Waals surface area contributed by atoms with Crippen LogP contribution in [0.25, 0.3) is 10.9 Å². The first-order valence-electron chi connectivity index (χ1n) is 19.8. The van der Waals surface area contributed by atoms with Crippen LogP contribution in [0, 0.1) is 23.7 Å². The Labute approximate surface area is 318 Å². The molecular weight excluding hydrogens is 716 g/mol. The number of benzene rings is 1. The number of amides is 4. The summed E-state index contributed by atoms with van der Waals surface area (Å²) in [5, 5.41) is 6.39. The van der Waals surface area contributed by atoms with E-state index in [0.717, 1.165) is 51.4 Å². The number of carbonyl (C=O) groups excluding carboxylic acids is 4. The standard InChI is InChI=1S/C39H57FN6O7S/c1-39(2,3)53-38(50)43-33(24-40)26-12-14-27(15-13-26)37(49)46-21-18-30(25-10-6-4-7-11-25)34(46)36(48)41-29-16-17-31-28(22-29)23-32(42-31)35(47)44-54(51,52)45-19-8-5-9-20-45/h16-17,22-23,25-27,30,33-34,42H,4-15,18-21,24H2,1-3H3,(H,41,48)(H,43,50)(H,44,47)/t26-,27-,30-,33+,34-/m0/s1. The molecule has 3 heterocycles. The number of hydrogen-bond acceptors (Lipinski definition) is 7. The molecule has 2 saturated carbocycles. The number of likely N-dealkylation sites (tertiary alicyclic amines) is 1. The molecule has 54 heavy (non-hydrogen) atoms. The van der Waals surface area contributed by atoms with Crippen molar-refractivity contribution in [1.29, 1.82) is 0 Å². The summed E-state index contributed by atoms with van der Waals surface area (Å²) in [6.07, 6.45) is 10.3. The molecular formula is C39H57FN6O7S. The molecule has 0 radical (unpaired) electrons. The summed E-state index contributed by atoms with van der Waals surface area (Å²) in [7, 11) is -3.97. The number of rotatable bonds is 10. The van der Waals surface area contributed by atoms with Crippen molar-refractivity contribution < 1.29 is 36.7 Å². The van der Waals surface area contributed by atoms with Crippen LogP contribution < -0.4 is 15.4 Å². The molecule has 4 amide bonds. The topological polar surface area (TPSA) is 170 Å². The van der Waals surface area contributed by atoms with E-state index in [1.165, 1.54) is 10.7 Å². The smallest absolute Gasteiger partial charge is 0.407 e. The second kappa shape index (κ2) is 17.0. The third kappa shape index (κ3) is 9.55. The molecule has 2 aliphatic heterocycles. The Hall–Kier alpha value is -3.72. The third-order valence-electron chi connectivity index (χ3n) is 11.8. The number of aromatic nitrogens is 1. The number of aromatic amines is 1. The maximum absolute atomic E-state index is 14.3. The lowest BCUT2D eigenvalue weighted by atomic mass is 9.76. The number of halogens is 1. The van der Waals surface area contributed by atoms with Crippen molar-refractivity contribution in [1.82, 2.24) is 24.2 Å². The number of carbonyl (C=O) groups is 4. The van der Waals surface area contributed by atoms with Gasteiger partial charge in [0.1, 0.15) is 24.0 Å². The molecule has 298 valence electrons. The Morgan fingerprint density at radius 2 is 1.59 bits per heavy atom. The predicted octanol–water partition coefficient (Wildman–Crippen LogP) is 6.03. The number of ether oxygens (including phenoxy) is 1. The van der Waals surface area contributed by atoms with Crippen LogP contribution in [0.4, 0.5) is 14.9 Å². The van der Waals surface area contributed by atoms with Gasteiger partial charge in [0.15, 0.2) is 0 Å². The van der Waals surface area contributed by atoms with E-state index >= 15 is 0 Å². The van der Waals surface area contributed by atoms with Crippen molar-refractivity contribution in [3.8, 4) is 0 Å². The van der Waals surface area contributed by atoms with Crippen LogP contribution in [0.5, 0.6) is 0 Å². The second-order valence-electron chi connectivity index (χ2n) is 16.7. The zero-order valence-electron chi connectivity index (χ0n) is 31.8. The fraction of sp³-hybridized carbons (Fsp3) is 0.692. The van der Waals surface area contributed by atoms with Crippen molar-refractivity contribution in [3.63, 3.8) is 0 Å². The van der Waals surface area contributed by atoms with E-state index in [1.54, 1.807) is 49.9 Å². The molecule has 1 aromatic carbocycles. The number of anilines is 1. The molecule has 13 nitrogen and oxygen atoms in total. The van der Waals surface area contributed by atoms with E-state index in [0.29, 0.717) is 67.8 Å². The molecule has 0 unspecified atom stereocenters. The van der Waals surface area contributed by atoms with Gasteiger partial charge < -0.3 is 25.3 Å². The average Bonchev–Trinajstić information content (AvgIpc) is 3.79. The average molecular weight is 773 g/mol. The number of nitrogens with one attached hydrogen (secondary N) is 4. The Morgan fingerprint density at radius 3 is 2.26 bits per heavy atom. The molecule has 6 rings (SSSR count). The van der Waals surface area contributed by atoms with E-state index in [1.807, 2.05) is 0 Å². The highest BCUT2D eigenvalue weighted by atomic mass is 32.2. The first kappa shape index (κ1) is 40.0. The number of alkyl halides is 1. The number of piperidine rings is 1. The Morgan fingerprint density at radius 1 is 0.907 bits per heavy atom. The molecule has 1 aromatic heterocycles. The van der Waals surface area contributed by atoms with Gasteiger partial charge in [-0.2, -0.15) is 12.7 Å². The second-order valence-corrected chi connectivity index (χ2v) is 18.4. The fourth-order valence-corrected chi connectivity index (χ4v) is 10.3. The largest absolute Gasteiger partial charge is 0.444 e. The van der Waals surface area contributed by atoms with Crippen LogP contribution in [0.3, 0.4) is 0 Å².